The summed E-state index contributed by atoms with van der Waals surface area (Å²) in [5, 5.41) is 12.1. The number of carbonyl (C=O) groups is 4. The molecule has 2 aliphatic rings. The number of hydrogen-bond acceptors (Lipinski definition) is 13. The maximum atomic E-state index is 14.5. The zero-order chi connectivity index (χ0) is 37.7. The third-order valence-corrected chi connectivity index (χ3v) is 9.65. The maximum Gasteiger partial charge on any atom is 0.416 e. The Morgan fingerprint density at radius 1 is 1.00 bits per heavy atom. The quantitative estimate of drug-likeness (QED) is 0.135. The van der Waals surface area contributed by atoms with E-state index < -0.39 is 57.7 Å². The van der Waals surface area contributed by atoms with Crippen molar-refractivity contribution in [2.45, 2.75) is 25.0 Å². The van der Waals surface area contributed by atoms with E-state index in [2.05, 4.69) is 4.98 Å². The number of nitrogens with zero attached hydrogens (tertiary/aromatic N) is 2. The lowest BCUT2D eigenvalue weighted by molar-refractivity contribution is -0.144. The van der Waals surface area contributed by atoms with E-state index in [0.717, 1.165) is 31.3 Å². The summed E-state index contributed by atoms with van der Waals surface area (Å²) in [5.41, 5.74) is -1.88. The Kier molecular flexibility index (Phi) is 9.27. The smallest absolute Gasteiger partial charge is 0.416 e. The first-order valence-corrected chi connectivity index (χ1v) is 17.5. The van der Waals surface area contributed by atoms with Crippen LogP contribution in [0.25, 0.3) is 10.9 Å². The van der Waals surface area contributed by atoms with Crippen LogP contribution in [0.5, 0.6) is 23.0 Å². The van der Waals surface area contributed by atoms with E-state index in [1.165, 1.54) is 26.2 Å². The third kappa shape index (κ3) is 5.80. The molecular formula is C35H35N3O13S. The highest BCUT2D eigenvalue weighted by atomic mass is 32.2. The predicted molar refractivity (Wildman–Crippen MR) is 185 cm³/mol. The van der Waals surface area contributed by atoms with Crippen LogP contribution in [-0.4, -0.2) is 95.6 Å². The lowest BCUT2D eigenvalue weighted by Crippen LogP contribution is -2.57. The first-order valence-electron chi connectivity index (χ1n) is 15.7. The molecule has 0 saturated carbocycles. The van der Waals surface area contributed by atoms with Crippen LogP contribution < -0.4 is 24.0 Å². The highest BCUT2D eigenvalue weighted by Gasteiger charge is 2.61. The Morgan fingerprint density at radius 3 is 2.31 bits per heavy atom. The van der Waals surface area contributed by atoms with Gasteiger partial charge in [0.2, 0.25) is 17.1 Å². The number of H-pyrrole nitrogens is 1. The fourth-order valence-electron chi connectivity index (χ4n) is 6.71. The van der Waals surface area contributed by atoms with Crippen LogP contribution >= 0.6 is 0 Å². The van der Waals surface area contributed by atoms with Crippen LogP contribution in [0.1, 0.15) is 44.8 Å². The number of rotatable bonds is 10. The third-order valence-electron chi connectivity index (χ3n) is 9.09. The van der Waals surface area contributed by atoms with E-state index in [4.69, 9.17) is 27.9 Å². The fraction of sp³-hybridized carbons (Fsp3) is 0.314. The molecule has 0 spiro atoms. The minimum absolute atomic E-state index is 0.0178. The molecule has 17 heteroatoms. The average Bonchev–Trinajstić information content (AvgIpc) is 3.79. The molecule has 2 amide bonds. The summed E-state index contributed by atoms with van der Waals surface area (Å²) < 4.78 is 56.4. The molecule has 0 radical (unpaired) electrons. The maximum absolute atomic E-state index is 14.5. The van der Waals surface area contributed by atoms with Crippen molar-refractivity contribution < 1.29 is 60.6 Å². The highest BCUT2D eigenvalue weighted by Crippen LogP contribution is 2.54. The zero-order valence-electron chi connectivity index (χ0n) is 29.0. The number of amides is 2. The summed E-state index contributed by atoms with van der Waals surface area (Å²) in [7, 11) is 1.32. The summed E-state index contributed by atoms with van der Waals surface area (Å²) >= 11 is 0. The number of benzene rings is 3. The standard InChI is InChI=1S/C35H35N3O13S/c1-35(33(42)49-5)31(40)26-25-20(17-51-52(6,44)45)15-37(32(41)21-12-19-13-24(46-2)29(47-3)30(48-4)27(19)36-21)22(25)14-23(39)28(26)38(35)34(43)50-16-18-10-8-7-9-11-18/h7-14,20,36,39H,15-17H2,1-6H3/t20-,35+/m0/s1. The van der Waals surface area contributed by atoms with Crippen molar-refractivity contribution >= 4 is 56.1 Å². The van der Waals surface area contributed by atoms with Crippen molar-refractivity contribution in [1.82, 2.24) is 4.98 Å². The number of Topliss-reactive ketones (excluding diaryl/α,β-unsaturated/α-hetero) is 1. The second-order valence-corrected chi connectivity index (χ2v) is 13.9. The number of ketones is 1. The minimum Gasteiger partial charge on any atom is -0.506 e. The molecule has 0 fully saturated rings. The molecular weight excluding hydrogens is 702 g/mol. The first-order chi connectivity index (χ1) is 24.7. The van der Waals surface area contributed by atoms with Crippen LogP contribution in [-0.2, 0) is 35.2 Å². The van der Waals surface area contributed by atoms with Gasteiger partial charge in [-0.3, -0.25) is 13.8 Å². The molecule has 2 atom stereocenters. The van der Waals surface area contributed by atoms with Crippen LogP contribution in [0.4, 0.5) is 16.2 Å². The van der Waals surface area contributed by atoms with Crippen LogP contribution in [0, 0.1) is 0 Å². The summed E-state index contributed by atoms with van der Waals surface area (Å²) in [6, 6.07) is 13.0. The van der Waals surface area contributed by atoms with Crippen LogP contribution in [0.3, 0.4) is 0 Å². The predicted octanol–water partition coefficient (Wildman–Crippen LogP) is 3.89. The number of aromatic hydroxyl groups is 1. The molecule has 0 saturated heterocycles. The number of fused-ring (bicyclic) bond motifs is 4. The summed E-state index contributed by atoms with van der Waals surface area (Å²) in [5.74, 6) is -3.47. The fourth-order valence-corrected chi connectivity index (χ4v) is 7.12. The molecule has 4 aromatic rings. The zero-order valence-corrected chi connectivity index (χ0v) is 29.8. The molecule has 2 aliphatic heterocycles. The van der Waals surface area contributed by atoms with Crippen LogP contribution in [0.15, 0.2) is 48.5 Å². The molecule has 3 heterocycles. The summed E-state index contributed by atoms with van der Waals surface area (Å²) in [4.78, 5) is 60.9. The second kappa shape index (κ2) is 13.4. The number of carbonyl (C=O) groups excluding carboxylic acids is 4. The molecule has 0 aliphatic carbocycles. The number of esters is 1. The topological polar surface area (TPSA) is 200 Å². The molecule has 274 valence electrons. The molecule has 3 aromatic carbocycles. The van der Waals surface area contributed by atoms with Gasteiger partial charge in [0.05, 0.1) is 58.1 Å². The Labute approximate surface area is 297 Å². The molecule has 6 rings (SSSR count). The van der Waals surface area contributed by atoms with Crippen molar-refractivity contribution in [2.75, 3.05) is 57.6 Å². The number of hydrogen-bond donors (Lipinski definition) is 2. The molecule has 1 aromatic heterocycles. The van der Waals surface area contributed by atoms with Gasteiger partial charge in [-0.05, 0) is 30.2 Å². The first kappa shape index (κ1) is 36.0. The number of anilines is 2. The number of phenolic OH excluding ortho intramolecular Hbond substituents is 1. The van der Waals surface area contributed by atoms with Crippen molar-refractivity contribution in [3.63, 3.8) is 0 Å². The van der Waals surface area contributed by atoms with E-state index in [9.17, 15) is 32.7 Å². The van der Waals surface area contributed by atoms with Gasteiger partial charge in [-0.1, -0.05) is 30.3 Å². The largest absolute Gasteiger partial charge is 0.506 e. The van der Waals surface area contributed by atoms with E-state index in [1.54, 1.807) is 42.5 Å². The van der Waals surface area contributed by atoms with Gasteiger partial charge in [0.1, 0.15) is 23.7 Å². The van der Waals surface area contributed by atoms with E-state index in [1.807, 2.05) is 0 Å². The van der Waals surface area contributed by atoms with Crippen molar-refractivity contribution in [3.8, 4) is 23.0 Å². The van der Waals surface area contributed by atoms with Gasteiger partial charge in [0.15, 0.2) is 11.5 Å². The van der Waals surface area contributed by atoms with Crippen molar-refractivity contribution in [1.29, 1.82) is 0 Å². The average molecular weight is 738 g/mol. The SMILES string of the molecule is COC(=O)[C@@]1(C)C(=O)c2c3c(cc(O)c2N1C(=O)OCc1ccccc1)N(C(=O)c1cc2cc(OC)c(OC)c(OC)c2[nH]1)C[C@H]3COS(C)(=O)=O. The summed E-state index contributed by atoms with van der Waals surface area (Å²) in [6.07, 6.45) is -0.302. The van der Waals surface area contributed by atoms with Gasteiger partial charge >= 0.3 is 12.1 Å². The minimum atomic E-state index is -4.02. The Hall–Kier alpha value is -5.81. The van der Waals surface area contributed by atoms with Crippen molar-refractivity contribution in [2.24, 2.45) is 0 Å². The Balaban J connectivity index is 1.50. The van der Waals surface area contributed by atoms with Gasteiger partial charge in [-0.2, -0.15) is 8.42 Å². The molecule has 16 nitrogen and oxygen atoms in total. The lowest BCUT2D eigenvalue weighted by atomic mass is 9.88. The van der Waals surface area contributed by atoms with Gasteiger partial charge in [-0.15, -0.1) is 0 Å². The van der Waals surface area contributed by atoms with E-state index in [0.29, 0.717) is 22.2 Å². The lowest BCUT2D eigenvalue weighted by Gasteiger charge is -2.30. The Bertz CT molecular complexity index is 2240. The number of methoxy groups -OCH3 is 4. The monoisotopic (exact) mass is 737 g/mol. The molecule has 0 bridgehead atoms. The number of aromatic nitrogens is 1. The normalized spacial score (nSPS) is 17.9. The second-order valence-electron chi connectivity index (χ2n) is 12.2. The number of phenols is 1. The number of nitrogens with one attached hydrogen (secondary N) is 1. The number of ether oxygens (including phenoxy) is 5. The van der Waals surface area contributed by atoms with Crippen molar-refractivity contribution in [3.05, 3.63) is 70.9 Å². The van der Waals surface area contributed by atoms with Gasteiger partial charge in [0.25, 0.3) is 16.0 Å². The number of aromatic amines is 1. The van der Waals surface area contributed by atoms with E-state index >= 15 is 0 Å². The molecule has 52 heavy (non-hydrogen) atoms. The van der Waals surface area contributed by atoms with Gasteiger partial charge in [-0.25, -0.2) is 14.5 Å². The van der Waals surface area contributed by atoms with Gasteiger partial charge in [0, 0.05) is 23.9 Å². The Morgan fingerprint density at radius 2 is 1.69 bits per heavy atom. The summed E-state index contributed by atoms with van der Waals surface area (Å²) in [6.45, 7) is 0.168. The molecule has 0 unspecified atom stereocenters. The highest BCUT2D eigenvalue weighted by molar-refractivity contribution is 7.85. The molecule has 2 N–H and O–H groups in total. The van der Waals surface area contributed by atoms with Gasteiger partial charge < -0.3 is 38.7 Å². The van der Waals surface area contributed by atoms with Crippen LogP contribution in [0.2, 0.25) is 0 Å². The van der Waals surface area contributed by atoms with E-state index in [-0.39, 0.29) is 52.8 Å².